The second-order valence-corrected chi connectivity index (χ2v) is 5.77. The molecule has 4 nitrogen and oxygen atoms in total. The van der Waals surface area contributed by atoms with Crippen LogP contribution in [0.1, 0.15) is 18.6 Å². The second-order valence-electron chi connectivity index (χ2n) is 5.77. The largest absolute Gasteiger partial charge is 0.460 e. The van der Waals surface area contributed by atoms with Crippen molar-refractivity contribution in [3.63, 3.8) is 0 Å². The molecule has 1 N–H and O–H groups in total. The number of hydrogen-bond acceptors (Lipinski definition) is 4. The van der Waals surface area contributed by atoms with Gasteiger partial charge in [0.2, 0.25) is 0 Å². The van der Waals surface area contributed by atoms with Gasteiger partial charge < -0.3 is 14.5 Å². The van der Waals surface area contributed by atoms with Crippen LogP contribution in [0.2, 0.25) is 0 Å². The van der Waals surface area contributed by atoms with Crippen LogP contribution in [0.25, 0.3) is 11.0 Å². The van der Waals surface area contributed by atoms with Crippen molar-refractivity contribution in [2.45, 2.75) is 25.4 Å². The van der Waals surface area contributed by atoms with E-state index < -0.39 is 0 Å². The van der Waals surface area contributed by atoms with Crippen LogP contribution in [0.5, 0.6) is 0 Å². The number of furan rings is 1. The predicted octanol–water partition coefficient (Wildman–Crippen LogP) is 2.63. The first-order valence-electron chi connectivity index (χ1n) is 7.77. The summed E-state index contributed by atoms with van der Waals surface area (Å²) in [5.41, 5.74) is 0.971. The van der Waals surface area contributed by atoms with E-state index in [4.69, 9.17) is 9.15 Å². The maximum absolute atomic E-state index is 5.94. The molecule has 1 aromatic heterocycles. The van der Waals surface area contributed by atoms with Crippen molar-refractivity contribution < 1.29 is 9.15 Å². The van der Waals surface area contributed by atoms with Crippen LogP contribution in [0.4, 0.5) is 0 Å². The SMILES string of the molecule is COCCN(Cc1cc2ccccc2o1)CC1CCCN1. The van der Waals surface area contributed by atoms with Gasteiger partial charge in [0.05, 0.1) is 13.2 Å². The smallest absolute Gasteiger partial charge is 0.134 e. The van der Waals surface area contributed by atoms with Gasteiger partial charge in [-0.2, -0.15) is 0 Å². The lowest BCUT2D eigenvalue weighted by molar-refractivity contribution is 0.133. The number of benzene rings is 1. The van der Waals surface area contributed by atoms with Crippen molar-refractivity contribution in [1.29, 1.82) is 0 Å². The second kappa shape index (κ2) is 7.07. The highest BCUT2D eigenvalue weighted by Gasteiger charge is 2.19. The Kier molecular flexibility index (Phi) is 4.91. The Bertz CT molecular complexity index is 528. The zero-order valence-electron chi connectivity index (χ0n) is 12.7. The summed E-state index contributed by atoms with van der Waals surface area (Å²) in [6, 6.07) is 10.9. The Morgan fingerprint density at radius 2 is 2.29 bits per heavy atom. The van der Waals surface area contributed by atoms with Crippen molar-refractivity contribution in [2.75, 3.05) is 33.4 Å². The molecule has 0 radical (unpaired) electrons. The fourth-order valence-corrected chi connectivity index (χ4v) is 3.01. The molecule has 1 aromatic carbocycles. The third-order valence-corrected chi connectivity index (χ3v) is 4.11. The molecule has 0 amide bonds. The van der Waals surface area contributed by atoms with Gasteiger partial charge in [0.25, 0.3) is 0 Å². The molecule has 2 aromatic rings. The Morgan fingerprint density at radius 1 is 1.38 bits per heavy atom. The van der Waals surface area contributed by atoms with Gasteiger partial charge in [-0.1, -0.05) is 18.2 Å². The van der Waals surface area contributed by atoms with E-state index in [0.717, 1.165) is 44.1 Å². The van der Waals surface area contributed by atoms with Gasteiger partial charge in [-0.25, -0.2) is 0 Å². The number of nitrogens with zero attached hydrogens (tertiary/aromatic N) is 1. The molecule has 0 aliphatic carbocycles. The molecule has 1 atom stereocenters. The molecule has 2 heterocycles. The molecular formula is C17H24N2O2. The minimum absolute atomic E-state index is 0.603. The molecule has 3 rings (SSSR count). The lowest BCUT2D eigenvalue weighted by Crippen LogP contribution is -2.38. The molecular weight excluding hydrogens is 264 g/mol. The van der Waals surface area contributed by atoms with E-state index in [9.17, 15) is 0 Å². The molecule has 1 aliphatic rings. The van der Waals surface area contributed by atoms with Gasteiger partial charge in [0.1, 0.15) is 11.3 Å². The van der Waals surface area contributed by atoms with Gasteiger partial charge in [0.15, 0.2) is 0 Å². The molecule has 0 bridgehead atoms. The molecule has 1 unspecified atom stereocenters. The van der Waals surface area contributed by atoms with E-state index in [1.807, 2.05) is 18.2 Å². The molecule has 0 saturated carbocycles. The average Bonchev–Trinajstić information content (AvgIpc) is 3.13. The number of nitrogens with one attached hydrogen (secondary N) is 1. The number of fused-ring (bicyclic) bond motifs is 1. The Balaban J connectivity index is 1.66. The summed E-state index contributed by atoms with van der Waals surface area (Å²) in [5.74, 6) is 1.03. The van der Waals surface area contributed by atoms with Crippen LogP contribution in [0, 0.1) is 0 Å². The van der Waals surface area contributed by atoms with E-state index in [2.05, 4.69) is 22.3 Å². The van der Waals surface area contributed by atoms with Gasteiger partial charge in [0, 0.05) is 31.6 Å². The number of hydrogen-bond donors (Lipinski definition) is 1. The van der Waals surface area contributed by atoms with Gasteiger partial charge in [-0.15, -0.1) is 0 Å². The number of para-hydroxylation sites is 1. The zero-order valence-corrected chi connectivity index (χ0v) is 12.7. The summed E-state index contributed by atoms with van der Waals surface area (Å²) in [6.07, 6.45) is 2.55. The highest BCUT2D eigenvalue weighted by molar-refractivity contribution is 5.77. The molecule has 1 fully saturated rings. The third-order valence-electron chi connectivity index (χ3n) is 4.11. The van der Waals surface area contributed by atoms with E-state index >= 15 is 0 Å². The first-order chi connectivity index (χ1) is 10.3. The van der Waals surface area contributed by atoms with E-state index in [0.29, 0.717) is 6.04 Å². The average molecular weight is 288 g/mol. The summed E-state index contributed by atoms with van der Waals surface area (Å²) < 4.78 is 11.2. The summed E-state index contributed by atoms with van der Waals surface area (Å²) >= 11 is 0. The summed E-state index contributed by atoms with van der Waals surface area (Å²) in [4.78, 5) is 2.42. The first-order valence-corrected chi connectivity index (χ1v) is 7.77. The molecule has 21 heavy (non-hydrogen) atoms. The maximum atomic E-state index is 5.94. The number of methoxy groups -OCH3 is 1. The Labute approximate surface area is 126 Å². The maximum Gasteiger partial charge on any atom is 0.134 e. The van der Waals surface area contributed by atoms with Crippen molar-refractivity contribution in [3.05, 3.63) is 36.1 Å². The van der Waals surface area contributed by atoms with E-state index in [-0.39, 0.29) is 0 Å². The molecule has 4 heteroatoms. The van der Waals surface area contributed by atoms with Crippen molar-refractivity contribution in [2.24, 2.45) is 0 Å². The van der Waals surface area contributed by atoms with Crippen LogP contribution in [0.15, 0.2) is 34.7 Å². The first kappa shape index (κ1) is 14.6. The normalized spacial score (nSPS) is 18.9. The quantitative estimate of drug-likeness (QED) is 0.850. The van der Waals surface area contributed by atoms with Crippen molar-refractivity contribution in [3.8, 4) is 0 Å². The predicted molar refractivity (Wildman–Crippen MR) is 84.4 cm³/mol. The molecule has 1 aliphatic heterocycles. The highest BCUT2D eigenvalue weighted by atomic mass is 16.5. The fourth-order valence-electron chi connectivity index (χ4n) is 3.01. The molecule has 114 valence electrons. The molecule has 0 spiro atoms. The summed E-state index contributed by atoms with van der Waals surface area (Å²) in [7, 11) is 1.76. The van der Waals surface area contributed by atoms with Gasteiger partial charge in [-0.05, 0) is 31.5 Å². The minimum Gasteiger partial charge on any atom is -0.460 e. The standard InChI is InChI=1S/C17H24N2O2/c1-20-10-9-19(12-15-6-4-8-18-15)13-16-11-14-5-2-3-7-17(14)21-16/h2-3,5,7,11,15,18H,4,6,8-10,12-13H2,1H3. The topological polar surface area (TPSA) is 37.6 Å². The van der Waals surface area contributed by atoms with Gasteiger partial charge in [-0.3, -0.25) is 4.90 Å². The summed E-state index contributed by atoms with van der Waals surface area (Å²) in [5, 5.41) is 4.74. The Hall–Kier alpha value is -1.36. The Morgan fingerprint density at radius 3 is 3.05 bits per heavy atom. The third kappa shape index (κ3) is 3.84. The van der Waals surface area contributed by atoms with E-state index in [1.54, 1.807) is 7.11 Å². The molecule has 1 saturated heterocycles. The van der Waals surface area contributed by atoms with Gasteiger partial charge >= 0.3 is 0 Å². The van der Waals surface area contributed by atoms with Crippen molar-refractivity contribution in [1.82, 2.24) is 10.2 Å². The van der Waals surface area contributed by atoms with Crippen molar-refractivity contribution >= 4 is 11.0 Å². The lowest BCUT2D eigenvalue weighted by Gasteiger charge is -2.24. The van der Waals surface area contributed by atoms with E-state index in [1.165, 1.54) is 18.2 Å². The highest BCUT2D eigenvalue weighted by Crippen LogP contribution is 2.20. The van der Waals surface area contributed by atoms with Crippen LogP contribution in [-0.2, 0) is 11.3 Å². The number of ether oxygens (including phenoxy) is 1. The van der Waals surface area contributed by atoms with Crippen LogP contribution in [-0.4, -0.2) is 44.3 Å². The van der Waals surface area contributed by atoms with Crippen LogP contribution in [0.3, 0.4) is 0 Å². The zero-order chi connectivity index (χ0) is 14.5. The monoisotopic (exact) mass is 288 g/mol. The lowest BCUT2D eigenvalue weighted by atomic mass is 10.2. The number of rotatable bonds is 7. The van der Waals surface area contributed by atoms with Crippen LogP contribution < -0.4 is 5.32 Å². The minimum atomic E-state index is 0.603. The van der Waals surface area contributed by atoms with Crippen LogP contribution >= 0.6 is 0 Å². The fraction of sp³-hybridized carbons (Fsp3) is 0.529. The summed E-state index contributed by atoms with van der Waals surface area (Å²) in [6.45, 7) is 4.74.